The van der Waals surface area contributed by atoms with E-state index in [1.165, 1.54) is 11.1 Å². The number of hydrogen-bond donors (Lipinski definition) is 3. The number of hydrogen-bond acceptors (Lipinski definition) is 6. The van der Waals surface area contributed by atoms with Gasteiger partial charge in [0.1, 0.15) is 5.03 Å². The van der Waals surface area contributed by atoms with Gasteiger partial charge in [0.2, 0.25) is 5.95 Å². The zero-order chi connectivity index (χ0) is 14.1. The SMILES string of the molecule is Cc1ccc(Sc2nc(NN)nc3[nH]ncc23)c(C)c1. The van der Waals surface area contributed by atoms with Crippen LogP contribution in [0.2, 0.25) is 0 Å². The van der Waals surface area contributed by atoms with Gasteiger partial charge in [0, 0.05) is 4.90 Å². The number of anilines is 1. The lowest BCUT2D eigenvalue weighted by atomic mass is 10.2. The number of hydrazine groups is 1. The van der Waals surface area contributed by atoms with Crippen LogP contribution in [0.15, 0.2) is 34.3 Å². The molecule has 0 aliphatic rings. The first-order valence-electron chi connectivity index (χ1n) is 6.10. The predicted molar refractivity (Wildman–Crippen MR) is 79.5 cm³/mol. The van der Waals surface area contributed by atoms with Crippen molar-refractivity contribution in [3.05, 3.63) is 35.5 Å². The van der Waals surface area contributed by atoms with Crippen LogP contribution < -0.4 is 11.3 Å². The Labute approximate surface area is 120 Å². The van der Waals surface area contributed by atoms with Gasteiger partial charge >= 0.3 is 0 Å². The monoisotopic (exact) mass is 286 g/mol. The first kappa shape index (κ1) is 12.9. The lowest BCUT2D eigenvalue weighted by molar-refractivity contribution is 1.05. The second-order valence-corrected chi connectivity index (χ2v) is 5.53. The summed E-state index contributed by atoms with van der Waals surface area (Å²) in [6.07, 6.45) is 1.72. The van der Waals surface area contributed by atoms with Crippen LogP contribution in [0.3, 0.4) is 0 Å². The summed E-state index contributed by atoms with van der Waals surface area (Å²) in [4.78, 5) is 9.77. The first-order chi connectivity index (χ1) is 9.67. The molecule has 6 nitrogen and oxygen atoms in total. The Morgan fingerprint density at radius 2 is 2.10 bits per heavy atom. The van der Waals surface area contributed by atoms with Crippen LogP contribution >= 0.6 is 11.8 Å². The van der Waals surface area contributed by atoms with Crippen LogP contribution in [0.5, 0.6) is 0 Å². The molecule has 0 saturated carbocycles. The van der Waals surface area contributed by atoms with Crippen molar-refractivity contribution in [2.45, 2.75) is 23.8 Å². The van der Waals surface area contributed by atoms with Crippen molar-refractivity contribution < 1.29 is 0 Å². The van der Waals surface area contributed by atoms with E-state index in [0.29, 0.717) is 11.6 Å². The van der Waals surface area contributed by atoms with Gasteiger partial charge in [-0.25, -0.2) is 10.8 Å². The molecule has 0 aliphatic carbocycles. The molecule has 0 fully saturated rings. The van der Waals surface area contributed by atoms with E-state index in [1.807, 2.05) is 0 Å². The van der Waals surface area contributed by atoms with Crippen LogP contribution in [0.4, 0.5) is 5.95 Å². The van der Waals surface area contributed by atoms with Crippen LogP contribution in [-0.2, 0) is 0 Å². The molecule has 0 amide bonds. The third-order valence-corrected chi connectivity index (χ3v) is 4.12. The van der Waals surface area contributed by atoms with Crippen molar-refractivity contribution in [2.75, 3.05) is 5.43 Å². The van der Waals surface area contributed by atoms with Gasteiger partial charge in [0.25, 0.3) is 0 Å². The van der Waals surface area contributed by atoms with E-state index in [-0.39, 0.29) is 0 Å². The molecular formula is C13H14N6S. The molecule has 2 heterocycles. The number of nitrogen functional groups attached to an aromatic ring is 1. The number of H-pyrrole nitrogens is 1. The van der Waals surface area contributed by atoms with Crippen molar-refractivity contribution in [3.63, 3.8) is 0 Å². The second-order valence-electron chi connectivity index (χ2n) is 4.50. The number of aromatic nitrogens is 4. The van der Waals surface area contributed by atoms with E-state index in [9.17, 15) is 0 Å². The van der Waals surface area contributed by atoms with E-state index >= 15 is 0 Å². The van der Waals surface area contributed by atoms with Gasteiger partial charge in [-0.05, 0) is 25.5 Å². The number of aromatic amines is 1. The minimum Gasteiger partial charge on any atom is -0.292 e. The van der Waals surface area contributed by atoms with Crippen molar-refractivity contribution in [1.82, 2.24) is 20.2 Å². The standard InChI is InChI=1S/C13H14N6S/c1-7-3-4-10(8(2)5-7)20-12-9-6-15-19-11(9)16-13(17-12)18-14/h3-6H,14H2,1-2H3,(H2,15,16,17,18,19). The highest BCUT2D eigenvalue weighted by molar-refractivity contribution is 7.99. The molecule has 0 saturated heterocycles. The maximum Gasteiger partial charge on any atom is 0.240 e. The quantitative estimate of drug-likeness (QED) is 0.389. The summed E-state index contributed by atoms with van der Waals surface area (Å²) in [6, 6.07) is 6.34. The number of nitrogens with zero attached hydrogens (tertiary/aromatic N) is 3. The zero-order valence-electron chi connectivity index (χ0n) is 11.1. The molecule has 0 radical (unpaired) electrons. The van der Waals surface area contributed by atoms with E-state index in [2.05, 4.69) is 57.6 Å². The van der Waals surface area contributed by atoms with E-state index < -0.39 is 0 Å². The van der Waals surface area contributed by atoms with Crippen molar-refractivity contribution in [2.24, 2.45) is 5.84 Å². The number of fused-ring (bicyclic) bond motifs is 1. The highest BCUT2D eigenvalue weighted by Gasteiger charge is 2.11. The fraction of sp³-hybridized carbons (Fsp3) is 0.154. The fourth-order valence-corrected chi connectivity index (χ4v) is 2.92. The summed E-state index contributed by atoms with van der Waals surface area (Å²) in [7, 11) is 0. The molecular weight excluding hydrogens is 272 g/mol. The van der Waals surface area contributed by atoms with E-state index in [0.717, 1.165) is 15.3 Å². The molecule has 4 N–H and O–H groups in total. The van der Waals surface area contributed by atoms with Gasteiger partial charge in [-0.15, -0.1) is 0 Å². The Morgan fingerprint density at radius 3 is 2.85 bits per heavy atom. The molecule has 7 heteroatoms. The Bertz CT molecular complexity index is 767. The zero-order valence-corrected chi connectivity index (χ0v) is 12.0. The average Bonchev–Trinajstić information content (AvgIpc) is 2.90. The second kappa shape index (κ2) is 5.10. The molecule has 0 spiro atoms. The van der Waals surface area contributed by atoms with Gasteiger partial charge in [0.05, 0.1) is 11.6 Å². The average molecular weight is 286 g/mol. The Hall–Kier alpha value is -2.12. The maximum absolute atomic E-state index is 5.40. The summed E-state index contributed by atoms with van der Waals surface area (Å²) in [5.41, 5.74) is 5.60. The largest absolute Gasteiger partial charge is 0.292 e. The molecule has 0 atom stereocenters. The number of aryl methyl sites for hydroxylation is 2. The van der Waals surface area contributed by atoms with Crippen LogP contribution in [0.25, 0.3) is 11.0 Å². The number of rotatable bonds is 3. The molecule has 0 bridgehead atoms. The fourth-order valence-electron chi connectivity index (χ4n) is 1.97. The van der Waals surface area contributed by atoms with Crippen LogP contribution in [0, 0.1) is 13.8 Å². The lowest BCUT2D eigenvalue weighted by Crippen LogP contribution is -2.10. The normalized spacial score (nSPS) is 10.9. The summed E-state index contributed by atoms with van der Waals surface area (Å²) in [5, 5.41) is 8.55. The van der Waals surface area contributed by atoms with Gasteiger partial charge < -0.3 is 0 Å². The predicted octanol–water partition coefficient (Wildman–Crippen LogP) is 2.41. The minimum atomic E-state index is 0.369. The third-order valence-electron chi connectivity index (χ3n) is 2.94. The molecule has 3 aromatic rings. The Balaban J connectivity index is 2.07. The first-order valence-corrected chi connectivity index (χ1v) is 6.92. The molecule has 1 aromatic carbocycles. The Morgan fingerprint density at radius 1 is 1.25 bits per heavy atom. The van der Waals surface area contributed by atoms with Gasteiger partial charge in [-0.2, -0.15) is 10.1 Å². The van der Waals surface area contributed by atoms with Gasteiger partial charge in [-0.1, -0.05) is 29.5 Å². The molecule has 3 rings (SSSR count). The molecule has 0 unspecified atom stereocenters. The molecule has 20 heavy (non-hydrogen) atoms. The Kier molecular flexibility index (Phi) is 3.29. The topological polar surface area (TPSA) is 92.5 Å². The third kappa shape index (κ3) is 2.33. The number of nitrogens with one attached hydrogen (secondary N) is 2. The van der Waals surface area contributed by atoms with Gasteiger partial charge in [-0.3, -0.25) is 10.5 Å². The molecule has 2 aromatic heterocycles. The minimum absolute atomic E-state index is 0.369. The summed E-state index contributed by atoms with van der Waals surface area (Å²) >= 11 is 1.58. The van der Waals surface area contributed by atoms with Crippen LogP contribution in [-0.4, -0.2) is 20.2 Å². The maximum atomic E-state index is 5.40. The number of nitrogens with two attached hydrogens (primary N) is 1. The number of benzene rings is 1. The summed E-state index contributed by atoms with van der Waals surface area (Å²) in [6.45, 7) is 4.17. The van der Waals surface area contributed by atoms with E-state index in [4.69, 9.17) is 5.84 Å². The highest BCUT2D eigenvalue weighted by Crippen LogP contribution is 2.33. The van der Waals surface area contributed by atoms with Gasteiger partial charge in [0.15, 0.2) is 5.65 Å². The van der Waals surface area contributed by atoms with E-state index in [1.54, 1.807) is 18.0 Å². The molecule has 102 valence electrons. The van der Waals surface area contributed by atoms with Crippen molar-refractivity contribution in [1.29, 1.82) is 0 Å². The lowest BCUT2D eigenvalue weighted by Gasteiger charge is -2.08. The van der Waals surface area contributed by atoms with Crippen LogP contribution in [0.1, 0.15) is 11.1 Å². The van der Waals surface area contributed by atoms with Crippen molar-refractivity contribution in [3.8, 4) is 0 Å². The summed E-state index contributed by atoms with van der Waals surface area (Å²) in [5.74, 6) is 5.77. The highest BCUT2D eigenvalue weighted by atomic mass is 32.2. The van der Waals surface area contributed by atoms with Crippen molar-refractivity contribution >= 4 is 28.7 Å². The summed E-state index contributed by atoms with van der Waals surface area (Å²) < 4.78 is 0. The smallest absolute Gasteiger partial charge is 0.240 e. The molecule has 0 aliphatic heterocycles.